The Morgan fingerprint density at radius 2 is 2.24 bits per heavy atom. The van der Waals surface area contributed by atoms with E-state index in [9.17, 15) is 4.79 Å². The van der Waals surface area contributed by atoms with Crippen molar-refractivity contribution in [2.24, 2.45) is 5.41 Å². The van der Waals surface area contributed by atoms with Gasteiger partial charge in [-0.05, 0) is 11.8 Å². The number of H-pyrrole nitrogens is 1. The van der Waals surface area contributed by atoms with Gasteiger partial charge in [-0.15, -0.1) is 0 Å². The molecular formula is C11H18ClN3O2. The summed E-state index contributed by atoms with van der Waals surface area (Å²) < 4.78 is 0. The molecule has 0 fully saturated rings. The summed E-state index contributed by atoms with van der Waals surface area (Å²) in [5, 5.41) is 12.2. The highest BCUT2D eigenvalue weighted by atomic mass is 35.5. The maximum absolute atomic E-state index is 11.3. The van der Waals surface area contributed by atoms with Gasteiger partial charge in [-0.25, -0.2) is 4.98 Å². The zero-order valence-electron chi connectivity index (χ0n) is 10.2. The maximum Gasteiger partial charge on any atom is 0.271 e. The average molecular weight is 260 g/mol. The van der Waals surface area contributed by atoms with Crippen LogP contribution in [0.3, 0.4) is 0 Å². The molecule has 1 unspecified atom stereocenters. The SMILES string of the molecule is CC(C)(C)C(CCO)Nc1nc[nH]c(=O)c1Cl. The standard InChI is InChI=1S/C11H18ClN3O2/c1-11(2,3)7(4-5-16)15-9-8(12)10(17)14-6-13-9/h6-7,16H,4-5H2,1-3H3,(H2,13,14,15,17). The van der Waals surface area contributed by atoms with Crippen LogP contribution in [0.1, 0.15) is 27.2 Å². The molecule has 0 spiro atoms. The van der Waals surface area contributed by atoms with Crippen LogP contribution in [-0.2, 0) is 0 Å². The quantitative estimate of drug-likeness (QED) is 0.768. The first-order valence-electron chi connectivity index (χ1n) is 5.47. The molecule has 0 saturated carbocycles. The average Bonchev–Trinajstić information content (AvgIpc) is 2.22. The number of anilines is 1. The van der Waals surface area contributed by atoms with E-state index in [0.29, 0.717) is 12.2 Å². The Hall–Kier alpha value is -1.07. The van der Waals surface area contributed by atoms with Crippen LogP contribution in [0.15, 0.2) is 11.1 Å². The minimum atomic E-state index is -0.374. The summed E-state index contributed by atoms with van der Waals surface area (Å²) in [6.07, 6.45) is 1.86. The largest absolute Gasteiger partial charge is 0.396 e. The van der Waals surface area contributed by atoms with Crippen LogP contribution in [-0.4, -0.2) is 27.7 Å². The van der Waals surface area contributed by atoms with Gasteiger partial charge in [-0.1, -0.05) is 32.4 Å². The molecule has 1 atom stereocenters. The normalized spacial score (nSPS) is 13.5. The number of nitrogens with one attached hydrogen (secondary N) is 2. The lowest BCUT2D eigenvalue weighted by Crippen LogP contribution is -2.35. The summed E-state index contributed by atoms with van der Waals surface area (Å²) in [5.41, 5.74) is -0.447. The van der Waals surface area contributed by atoms with Crippen molar-refractivity contribution in [3.05, 3.63) is 21.7 Å². The van der Waals surface area contributed by atoms with Gasteiger partial charge in [0.05, 0.1) is 6.33 Å². The Morgan fingerprint density at radius 3 is 2.76 bits per heavy atom. The monoisotopic (exact) mass is 259 g/mol. The topological polar surface area (TPSA) is 78.0 Å². The van der Waals surface area contributed by atoms with Crippen molar-refractivity contribution < 1.29 is 5.11 Å². The van der Waals surface area contributed by atoms with Crippen molar-refractivity contribution >= 4 is 17.4 Å². The Morgan fingerprint density at radius 1 is 1.59 bits per heavy atom. The number of aliphatic hydroxyl groups excluding tert-OH is 1. The number of aromatic amines is 1. The molecule has 6 heteroatoms. The predicted octanol–water partition coefficient (Wildman–Crippen LogP) is 1.63. The van der Waals surface area contributed by atoms with E-state index in [-0.39, 0.29) is 28.6 Å². The van der Waals surface area contributed by atoms with Crippen molar-refractivity contribution in [1.82, 2.24) is 9.97 Å². The van der Waals surface area contributed by atoms with E-state index in [2.05, 4.69) is 15.3 Å². The summed E-state index contributed by atoms with van der Waals surface area (Å²) in [4.78, 5) is 17.7. The second-order valence-corrected chi connectivity index (χ2v) is 5.35. The fraction of sp³-hybridized carbons (Fsp3) is 0.636. The second kappa shape index (κ2) is 5.51. The zero-order valence-corrected chi connectivity index (χ0v) is 11.0. The highest BCUT2D eigenvalue weighted by Gasteiger charge is 2.25. The number of hydrogen-bond donors (Lipinski definition) is 3. The van der Waals surface area contributed by atoms with Crippen LogP contribution in [0.5, 0.6) is 0 Å². The van der Waals surface area contributed by atoms with E-state index >= 15 is 0 Å². The molecular weight excluding hydrogens is 242 g/mol. The Kier molecular flexibility index (Phi) is 4.54. The van der Waals surface area contributed by atoms with E-state index in [1.54, 1.807) is 0 Å². The molecule has 1 aromatic rings. The third-order valence-corrected chi connectivity index (χ3v) is 2.92. The number of halogens is 1. The van der Waals surface area contributed by atoms with Gasteiger partial charge in [0.15, 0.2) is 5.82 Å². The van der Waals surface area contributed by atoms with Crippen molar-refractivity contribution in [3.8, 4) is 0 Å². The van der Waals surface area contributed by atoms with Gasteiger partial charge in [-0.2, -0.15) is 0 Å². The van der Waals surface area contributed by atoms with Crippen molar-refractivity contribution in [2.75, 3.05) is 11.9 Å². The second-order valence-electron chi connectivity index (χ2n) is 4.97. The first kappa shape index (κ1) is 14.0. The molecule has 96 valence electrons. The molecule has 5 nitrogen and oxygen atoms in total. The molecule has 1 aromatic heterocycles. The summed E-state index contributed by atoms with van der Waals surface area (Å²) in [5.74, 6) is 0.351. The summed E-state index contributed by atoms with van der Waals surface area (Å²) in [7, 11) is 0. The van der Waals surface area contributed by atoms with Crippen LogP contribution >= 0.6 is 11.6 Å². The number of aromatic nitrogens is 2. The number of rotatable bonds is 4. The van der Waals surface area contributed by atoms with Gasteiger partial charge < -0.3 is 15.4 Å². The van der Waals surface area contributed by atoms with Gasteiger partial charge >= 0.3 is 0 Å². The van der Waals surface area contributed by atoms with E-state index in [0.717, 1.165) is 0 Å². The molecule has 0 aliphatic heterocycles. The van der Waals surface area contributed by atoms with Gasteiger partial charge in [0.1, 0.15) is 5.02 Å². The van der Waals surface area contributed by atoms with Crippen LogP contribution < -0.4 is 10.9 Å². The van der Waals surface area contributed by atoms with E-state index in [1.165, 1.54) is 6.33 Å². The highest BCUT2D eigenvalue weighted by Crippen LogP contribution is 2.26. The Balaban J connectivity index is 2.94. The van der Waals surface area contributed by atoms with Gasteiger partial charge in [0.25, 0.3) is 5.56 Å². The Bertz CT molecular complexity index is 425. The molecule has 1 rings (SSSR count). The summed E-state index contributed by atoms with van der Waals surface area (Å²) in [6, 6.07) is -0.0145. The molecule has 0 bridgehead atoms. The molecule has 0 amide bonds. The first-order chi connectivity index (χ1) is 7.86. The van der Waals surface area contributed by atoms with Crippen molar-refractivity contribution in [1.29, 1.82) is 0 Å². The first-order valence-corrected chi connectivity index (χ1v) is 5.84. The molecule has 3 N–H and O–H groups in total. The number of nitrogens with zero attached hydrogens (tertiary/aromatic N) is 1. The molecule has 1 heterocycles. The van der Waals surface area contributed by atoms with Gasteiger partial charge in [0.2, 0.25) is 0 Å². The maximum atomic E-state index is 11.3. The number of aliphatic hydroxyl groups is 1. The van der Waals surface area contributed by atoms with E-state index in [4.69, 9.17) is 16.7 Å². The molecule has 17 heavy (non-hydrogen) atoms. The Labute approximate surface area is 105 Å². The molecule has 0 aliphatic carbocycles. The minimum absolute atomic E-state index is 0.0145. The van der Waals surface area contributed by atoms with Crippen LogP contribution in [0, 0.1) is 5.41 Å². The lowest BCUT2D eigenvalue weighted by molar-refractivity contribution is 0.235. The summed E-state index contributed by atoms with van der Waals surface area (Å²) in [6.45, 7) is 6.19. The van der Waals surface area contributed by atoms with Crippen molar-refractivity contribution in [3.63, 3.8) is 0 Å². The minimum Gasteiger partial charge on any atom is -0.396 e. The van der Waals surface area contributed by atoms with E-state index in [1.807, 2.05) is 20.8 Å². The fourth-order valence-corrected chi connectivity index (χ4v) is 1.66. The van der Waals surface area contributed by atoms with Gasteiger partial charge in [-0.3, -0.25) is 4.79 Å². The molecule has 0 saturated heterocycles. The van der Waals surface area contributed by atoms with Crippen LogP contribution in [0.25, 0.3) is 0 Å². The van der Waals surface area contributed by atoms with Crippen LogP contribution in [0.2, 0.25) is 5.02 Å². The van der Waals surface area contributed by atoms with Crippen molar-refractivity contribution in [2.45, 2.75) is 33.2 Å². The van der Waals surface area contributed by atoms with Crippen LogP contribution in [0.4, 0.5) is 5.82 Å². The highest BCUT2D eigenvalue weighted by molar-refractivity contribution is 6.32. The molecule has 0 aliphatic rings. The lowest BCUT2D eigenvalue weighted by atomic mass is 9.85. The predicted molar refractivity (Wildman–Crippen MR) is 68.4 cm³/mol. The molecule has 0 aromatic carbocycles. The van der Waals surface area contributed by atoms with E-state index < -0.39 is 0 Å². The third kappa shape index (κ3) is 3.71. The fourth-order valence-electron chi connectivity index (χ4n) is 1.50. The van der Waals surface area contributed by atoms with Gasteiger partial charge in [0, 0.05) is 12.6 Å². The smallest absolute Gasteiger partial charge is 0.271 e. The third-order valence-electron chi connectivity index (χ3n) is 2.57. The number of hydrogen-bond acceptors (Lipinski definition) is 4. The molecule has 0 radical (unpaired) electrons. The zero-order chi connectivity index (χ0) is 13.1. The lowest BCUT2D eigenvalue weighted by Gasteiger charge is -2.31. The summed E-state index contributed by atoms with van der Waals surface area (Å²) >= 11 is 5.86.